The Morgan fingerprint density at radius 3 is 2.73 bits per heavy atom. The fourth-order valence-corrected chi connectivity index (χ4v) is 3.94. The van der Waals surface area contributed by atoms with Gasteiger partial charge in [0.15, 0.2) is 0 Å². The lowest BCUT2D eigenvalue weighted by molar-refractivity contribution is -0.120. The number of carbonyl (C=O) groups excluding carboxylic acids is 1. The molecule has 22 heavy (non-hydrogen) atoms. The number of amides is 1. The minimum absolute atomic E-state index is 0.0332. The maximum atomic E-state index is 13.0. The summed E-state index contributed by atoms with van der Waals surface area (Å²) in [6.07, 6.45) is 1.68. The van der Waals surface area contributed by atoms with E-state index in [0.717, 1.165) is 25.2 Å². The quantitative estimate of drug-likeness (QED) is 0.791. The number of likely N-dealkylation sites (N-methyl/N-ethyl adjacent to an activating group) is 1. The SMILES string of the molecule is Cc1ccc2c(c1)C1CN(C)CCC1N2C(=O)CC(C)(C)C. The summed E-state index contributed by atoms with van der Waals surface area (Å²) in [6.45, 7) is 10.7. The molecule has 1 amide bonds. The van der Waals surface area contributed by atoms with E-state index < -0.39 is 0 Å². The fraction of sp³-hybridized carbons (Fsp3) is 0.632. The number of fused-ring (bicyclic) bond motifs is 3. The Morgan fingerprint density at radius 1 is 1.32 bits per heavy atom. The van der Waals surface area contributed by atoms with Crippen LogP contribution < -0.4 is 4.90 Å². The van der Waals surface area contributed by atoms with Crippen molar-refractivity contribution in [3.05, 3.63) is 29.3 Å². The lowest BCUT2D eigenvalue weighted by atomic mass is 9.88. The zero-order chi connectivity index (χ0) is 16.1. The molecule has 1 aromatic carbocycles. The van der Waals surface area contributed by atoms with Gasteiger partial charge in [0.2, 0.25) is 5.91 Å². The van der Waals surface area contributed by atoms with Crippen LogP contribution in [0, 0.1) is 12.3 Å². The number of carbonyl (C=O) groups is 1. The van der Waals surface area contributed by atoms with Crippen molar-refractivity contribution in [3.8, 4) is 0 Å². The molecule has 1 fully saturated rings. The highest BCUT2D eigenvalue weighted by Crippen LogP contribution is 2.45. The average Bonchev–Trinajstić information content (AvgIpc) is 2.70. The van der Waals surface area contributed by atoms with E-state index >= 15 is 0 Å². The van der Waals surface area contributed by atoms with Gasteiger partial charge < -0.3 is 9.80 Å². The van der Waals surface area contributed by atoms with Crippen LogP contribution in [-0.4, -0.2) is 37.0 Å². The summed E-state index contributed by atoms with van der Waals surface area (Å²) in [7, 11) is 2.19. The smallest absolute Gasteiger partial charge is 0.227 e. The standard InChI is InChI=1S/C19H28N2O/c1-13-6-7-16-14(10-13)15-12-20(5)9-8-17(15)21(16)18(22)11-19(2,3)4/h6-7,10,15,17H,8-9,11-12H2,1-5H3. The molecule has 0 aromatic heterocycles. The van der Waals surface area contributed by atoms with Crippen LogP contribution in [0.15, 0.2) is 18.2 Å². The molecule has 2 aliphatic rings. The van der Waals surface area contributed by atoms with Crippen LogP contribution in [0.2, 0.25) is 0 Å². The molecule has 120 valence electrons. The Bertz CT molecular complexity index is 588. The van der Waals surface area contributed by atoms with Gasteiger partial charge in [-0.1, -0.05) is 38.5 Å². The Morgan fingerprint density at radius 2 is 2.05 bits per heavy atom. The number of anilines is 1. The summed E-state index contributed by atoms with van der Waals surface area (Å²) in [4.78, 5) is 17.5. The van der Waals surface area contributed by atoms with Gasteiger partial charge in [0.25, 0.3) is 0 Å². The van der Waals surface area contributed by atoms with Gasteiger partial charge in [0, 0.05) is 30.6 Å². The first-order chi connectivity index (χ1) is 10.3. The maximum absolute atomic E-state index is 13.0. The number of piperidine rings is 1. The largest absolute Gasteiger partial charge is 0.308 e. The highest BCUT2D eigenvalue weighted by molar-refractivity contribution is 5.97. The van der Waals surface area contributed by atoms with Crippen molar-refractivity contribution in [3.63, 3.8) is 0 Å². The van der Waals surface area contributed by atoms with E-state index in [1.54, 1.807) is 0 Å². The lowest BCUT2D eigenvalue weighted by Crippen LogP contribution is -2.47. The molecular weight excluding hydrogens is 272 g/mol. The third-order valence-electron chi connectivity index (χ3n) is 4.90. The van der Waals surface area contributed by atoms with Gasteiger partial charge in [-0.25, -0.2) is 0 Å². The van der Waals surface area contributed by atoms with Crippen LogP contribution in [0.25, 0.3) is 0 Å². The monoisotopic (exact) mass is 300 g/mol. The first-order valence-electron chi connectivity index (χ1n) is 8.37. The predicted molar refractivity (Wildman–Crippen MR) is 91.4 cm³/mol. The van der Waals surface area contributed by atoms with E-state index in [1.165, 1.54) is 11.1 Å². The summed E-state index contributed by atoms with van der Waals surface area (Å²) in [6, 6.07) is 6.93. The van der Waals surface area contributed by atoms with Crippen molar-refractivity contribution in [1.29, 1.82) is 0 Å². The Kier molecular flexibility index (Phi) is 3.80. The maximum Gasteiger partial charge on any atom is 0.227 e. The summed E-state index contributed by atoms with van der Waals surface area (Å²) >= 11 is 0. The molecule has 0 saturated carbocycles. The summed E-state index contributed by atoms with van der Waals surface area (Å²) in [5.74, 6) is 0.757. The van der Waals surface area contributed by atoms with Crippen LogP contribution >= 0.6 is 0 Å². The van der Waals surface area contributed by atoms with E-state index in [0.29, 0.717) is 18.4 Å². The molecule has 0 aliphatic carbocycles. The number of hydrogen-bond acceptors (Lipinski definition) is 2. The van der Waals surface area contributed by atoms with Crippen molar-refractivity contribution in [1.82, 2.24) is 4.90 Å². The first kappa shape index (κ1) is 15.5. The van der Waals surface area contributed by atoms with E-state index in [1.807, 2.05) is 0 Å². The molecule has 0 bridgehead atoms. The molecule has 0 spiro atoms. The molecule has 3 nitrogen and oxygen atoms in total. The molecular formula is C19H28N2O. The molecule has 1 aromatic rings. The average molecular weight is 300 g/mol. The highest BCUT2D eigenvalue weighted by atomic mass is 16.2. The molecule has 3 heteroatoms. The summed E-state index contributed by atoms with van der Waals surface area (Å²) < 4.78 is 0. The van der Waals surface area contributed by atoms with Crippen molar-refractivity contribution in [2.75, 3.05) is 25.0 Å². The van der Waals surface area contributed by atoms with E-state index in [2.05, 4.69) is 62.7 Å². The van der Waals surface area contributed by atoms with Crippen LogP contribution in [0.4, 0.5) is 5.69 Å². The Labute approximate surface area is 134 Å². The number of rotatable bonds is 1. The van der Waals surface area contributed by atoms with Crippen molar-refractivity contribution >= 4 is 11.6 Å². The van der Waals surface area contributed by atoms with Gasteiger partial charge in [0.05, 0.1) is 0 Å². The number of aryl methyl sites for hydroxylation is 1. The van der Waals surface area contributed by atoms with Gasteiger partial charge in [-0.3, -0.25) is 4.79 Å². The van der Waals surface area contributed by atoms with Crippen LogP contribution in [0.1, 0.15) is 50.7 Å². The summed E-state index contributed by atoms with van der Waals surface area (Å²) in [5.41, 5.74) is 3.85. The van der Waals surface area contributed by atoms with Gasteiger partial charge in [-0.15, -0.1) is 0 Å². The number of benzene rings is 1. The first-order valence-corrected chi connectivity index (χ1v) is 8.37. The minimum atomic E-state index is 0.0332. The normalized spacial score (nSPS) is 25.0. The third kappa shape index (κ3) is 2.79. The number of hydrogen-bond donors (Lipinski definition) is 0. The Hall–Kier alpha value is -1.35. The van der Waals surface area contributed by atoms with E-state index in [9.17, 15) is 4.79 Å². The van der Waals surface area contributed by atoms with Crippen molar-refractivity contribution in [2.45, 2.75) is 52.5 Å². The van der Waals surface area contributed by atoms with Crippen LogP contribution in [-0.2, 0) is 4.79 Å². The molecule has 1 saturated heterocycles. The molecule has 2 aliphatic heterocycles. The zero-order valence-corrected chi connectivity index (χ0v) is 14.5. The van der Waals surface area contributed by atoms with Crippen molar-refractivity contribution in [2.24, 2.45) is 5.41 Å². The van der Waals surface area contributed by atoms with Gasteiger partial charge in [-0.05, 0) is 44.0 Å². The molecule has 0 radical (unpaired) electrons. The molecule has 2 heterocycles. The second-order valence-electron chi connectivity index (χ2n) is 8.29. The van der Waals surface area contributed by atoms with E-state index in [-0.39, 0.29) is 11.3 Å². The van der Waals surface area contributed by atoms with Crippen LogP contribution in [0.3, 0.4) is 0 Å². The number of likely N-dealkylation sites (tertiary alicyclic amines) is 1. The second kappa shape index (κ2) is 5.38. The van der Waals surface area contributed by atoms with Gasteiger partial charge in [0.1, 0.15) is 0 Å². The second-order valence-corrected chi connectivity index (χ2v) is 8.29. The summed E-state index contributed by atoms with van der Waals surface area (Å²) in [5, 5.41) is 0. The third-order valence-corrected chi connectivity index (χ3v) is 4.90. The fourth-order valence-electron chi connectivity index (χ4n) is 3.94. The molecule has 2 unspecified atom stereocenters. The molecule has 3 rings (SSSR count). The van der Waals surface area contributed by atoms with Crippen LogP contribution in [0.5, 0.6) is 0 Å². The van der Waals surface area contributed by atoms with E-state index in [4.69, 9.17) is 0 Å². The Balaban J connectivity index is 1.98. The topological polar surface area (TPSA) is 23.6 Å². The highest BCUT2D eigenvalue weighted by Gasteiger charge is 2.44. The van der Waals surface area contributed by atoms with Gasteiger partial charge >= 0.3 is 0 Å². The molecule has 0 N–H and O–H groups in total. The zero-order valence-electron chi connectivity index (χ0n) is 14.5. The molecule has 2 atom stereocenters. The predicted octanol–water partition coefficient (Wildman–Crippen LogP) is 3.57. The van der Waals surface area contributed by atoms with Gasteiger partial charge in [-0.2, -0.15) is 0 Å². The minimum Gasteiger partial charge on any atom is -0.308 e. The number of nitrogens with zero attached hydrogens (tertiary/aromatic N) is 2. The van der Waals surface area contributed by atoms with Crippen molar-refractivity contribution < 1.29 is 4.79 Å². The lowest BCUT2D eigenvalue weighted by Gasteiger charge is -2.37.